The van der Waals surface area contributed by atoms with E-state index in [-0.39, 0.29) is 18.8 Å². The van der Waals surface area contributed by atoms with Gasteiger partial charge in [0, 0.05) is 22.3 Å². The third-order valence-electron chi connectivity index (χ3n) is 5.65. The van der Waals surface area contributed by atoms with Crippen molar-refractivity contribution < 1.29 is 18.4 Å². The normalized spacial score (nSPS) is 11.0. The van der Waals surface area contributed by atoms with Gasteiger partial charge in [-0.1, -0.05) is 28.9 Å². The lowest BCUT2D eigenvalue weighted by molar-refractivity contribution is 0.101. The fourth-order valence-electron chi connectivity index (χ4n) is 3.44. The Balaban J connectivity index is 1.48. The van der Waals surface area contributed by atoms with E-state index in [1.54, 1.807) is 36.7 Å². The third-order valence-corrected chi connectivity index (χ3v) is 6.01. The molecule has 7 nitrogen and oxygen atoms in total. The fourth-order valence-corrected chi connectivity index (χ4v) is 3.66. The second-order valence-corrected chi connectivity index (χ2v) is 8.49. The van der Waals surface area contributed by atoms with Crippen LogP contribution in [0.1, 0.15) is 44.2 Å². The van der Waals surface area contributed by atoms with Crippen molar-refractivity contribution in [2.24, 2.45) is 0 Å². The summed E-state index contributed by atoms with van der Waals surface area (Å²) in [6.45, 7) is 7.82. The number of ether oxygens (including phenoxy) is 1. The second-order valence-electron chi connectivity index (χ2n) is 8.08. The quantitative estimate of drug-likeness (QED) is 0.361. The maximum absolute atomic E-state index is 14.2. The summed E-state index contributed by atoms with van der Waals surface area (Å²) >= 11 is 6.13. The highest BCUT2D eigenvalue weighted by Crippen LogP contribution is 2.23. The maximum Gasteiger partial charge on any atom is 0.279 e. The number of carbonyl (C=O) groups is 1. The summed E-state index contributed by atoms with van der Waals surface area (Å²) in [6, 6.07) is 12.0. The van der Waals surface area contributed by atoms with E-state index in [1.165, 1.54) is 11.6 Å². The van der Waals surface area contributed by atoms with Crippen molar-refractivity contribution in [3.63, 3.8) is 0 Å². The van der Waals surface area contributed by atoms with Gasteiger partial charge < -0.3 is 14.6 Å². The number of halogens is 2. The molecule has 2 heterocycles. The summed E-state index contributed by atoms with van der Waals surface area (Å²) in [4.78, 5) is 12.9. The molecule has 0 bridgehead atoms. The van der Waals surface area contributed by atoms with Crippen molar-refractivity contribution >= 4 is 23.3 Å². The van der Waals surface area contributed by atoms with Crippen molar-refractivity contribution in [3.8, 4) is 5.75 Å². The summed E-state index contributed by atoms with van der Waals surface area (Å²) in [7, 11) is 0. The molecule has 0 saturated carbocycles. The van der Waals surface area contributed by atoms with Crippen LogP contribution >= 0.6 is 11.6 Å². The largest absolute Gasteiger partial charge is 0.489 e. The Kier molecular flexibility index (Phi) is 6.70. The van der Waals surface area contributed by atoms with Crippen molar-refractivity contribution in [3.05, 3.63) is 92.7 Å². The van der Waals surface area contributed by atoms with Gasteiger partial charge in [0.25, 0.3) is 5.91 Å². The zero-order valence-electron chi connectivity index (χ0n) is 19.3. The summed E-state index contributed by atoms with van der Waals surface area (Å²) in [5.74, 6) is 0.585. The van der Waals surface area contributed by atoms with Gasteiger partial charge in [-0.2, -0.15) is 5.10 Å². The molecule has 0 spiro atoms. The van der Waals surface area contributed by atoms with Crippen LogP contribution in [0.5, 0.6) is 5.75 Å². The van der Waals surface area contributed by atoms with E-state index in [0.717, 1.165) is 11.3 Å². The molecule has 0 fully saturated rings. The van der Waals surface area contributed by atoms with Gasteiger partial charge in [0.2, 0.25) is 0 Å². The van der Waals surface area contributed by atoms with Crippen LogP contribution in [0.2, 0.25) is 5.02 Å². The molecule has 0 unspecified atom stereocenters. The van der Waals surface area contributed by atoms with Crippen LogP contribution in [0.25, 0.3) is 0 Å². The lowest BCUT2D eigenvalue weighted by atomic mass is 10.1. The molecule has 0 saturated heterocycles. The van der Waals surface area contributed by atoms with Gasteiger partial charge in [-0.25, -0.2) is 4.39 Å². The zero-order valence-corrected chi connectivity index (χ0v) is 20.0. The third kappa shape index (κ3) is 4.97. The highest BCUT2D eigenvalue weighted by atomic mass is 35.5. The summed E-state index contributed by atoms with van der Waals surface area (Å²) in [5, 5.41) is 11.3. The van der Waals surface area contributed by atoms with Gasteiger partial charge in [-0.05, 0) is 63.1 Å². The van der Waals surface area contributed by atoms with E-state index in [9.17, 15) is 9.18 Å². The molecular weight excluding hydrogens is 459 g/mol. The molecular formula is C25H24ClFN4O3. The van der Waals surface area contributed by atoms with Crippen molar-refractivity contribution in [2.45, 2.75) is 40.8 Å². The number of hydrogen-bond acceptors (Lipinski definition) is 5. The lowest BCUT2D eigenvalue weighted by Crippen LogP contribution is -2.16. The fraction of sp³-hybridized carbons (Fsp3) is 0.240. The van der Waals surface area contributed by atoms with Crippen LogP contribution in [-0.4, -0.2) is 20.8 Å². The number of aromatic nitrogens is 3. The van der Waals surface area contributed by atoms with Crippen molar-refractivity contribution in [2.75, 3.05) is 5.32 Å². The van der Waals surface area contributed by atoms with E-state index < -0.39 is 11.7 Å². The molecule has 4 aromatic rings. The molecule has 176 valence electrons. The highest BCUT2D eigenvalue weighted by Gasteiger charge is 2.22. The van der Waals surface area contributed by atoms with Gasteiger partial charge in [-0.15, -0.1) is 0 Å². The maximum atomic E-state index is 14.2. The van der Waals surface area contributed by atoms with Crippen LogP contribution in [-0.2, 0) is 13.2 Å². The highest BCUT2D eigenvalue weighted by molar-refractivity contribution is 6.31. The number of amides is 1. The molecule has 4 rings (SSSR count). The number of anilines is 1. The Labute approximate surface area is 201 Å². The molecule has 2 aromatic carbocycles. The minimum atomic E-state index is -0.482. The van der Waals surface area contributed by atoms with E-state index in [4.69, 9.17) is 20.9 Å². The molecule has 0 aliphatic heterocycles. The summed E-state index contributed by atoms with van der Waals surface area (Å²) in [6.07, 6.45) is 0. The number of nitrogens with zero attached hydrogens (tertiary/aromatic N) is 3. The number of nitrogens with one attached hydrogen (secondary N) is 1. The topological polar surface area (TPSA) is 82.2 Å². The standard InChI is InChI=1S/C25H24ClFN4O3/c1-14-8-9-18(10-15(14)2)33-13-20-17(4)34-30-24(20)25(32)28-23-11-16(3)31(29-23)12-19-21(26)6-5-7-22(19)27/h5-11H,12-13H2,1-4H3,(H,28,29,32). The molecule has 2 aromatic heterocycles. The minimum Gasteiger partial charge on any atom is -0.489 e. The van der Waals surface area contributed by atoms with Crippen LogP contribution in [0, 0.1) is 33.5 Å². The lowest BCUT2D eigenvalue weighted by Gasteiger charge is -2.09. The molecule has 0 aliphatic rings. The van der Waals surface area contributed by atoms with Gasteiger partial charge >= 0.3 is 0 Å². The van der Waals surface area contributed by atoms with E-state index in [0.29, 0.717) is 33.5 Å². The average Bonchev–Trinajstić information content (AvgIpc) is 3.33. The predicted molar refractivity (Wildman–Crippen MR) is 127 cm³/mol. The van der Waals surface area contributed by atoms with Gasteiger partial charge in [-0.3, -0.25) is 9.48 Å². The predicted octanol–water partition coefficient (Wildman–Crippen LogP) is 5.78. The van der Waals surface area contributed by atoms with Crippen LogP contribution < -0.4 is 10.1 Å². The Bertz CT molecular complexity index is 1340. The SMILES string of the molecule is Cc1ccc(OCc2c(C(=O)Nc3cc(C)n(Cc4c(F)cccc4Cl)n3)noc2C)cc1C. The Morgan fingerprint density at radius 1 is 1.12 bits per heavy atom. The Morgan fingerprint density at radius 2 is 1.91 bits per heavy atom. The summed E-state index contributed by atoms with van der Waals surface area (Å²) in [5.41, 5.74) is 3.99. The molecule has 1 N–H and O–H groups in total. The first-order chi connectivity index (χ1) is 16.2. The zero-order chi connectivity index (χ0) is 24.4. The first-order valence-electron chi connectivity index (χ1n) is 10.7. The van der Waals surface area contributed by atoms with Crippen LogP contribution in [0.3, 0.4) is 0 Å². The molecule has 34 heavy (non-hydrogen) atoms. The first-order valence-corrected chi connectivity index (χ1v) is 11.0. The first kappa shape index (κ1) is 23.5. The van der Waals surface area contributed by atoms with Crippen molar-refractivity contribution in [1.29, 1.82) is 0 Å². The van der Waals surface area contributed by atoms with Gasteiger partial charge in [0.05, 0.1) is 12.1 Å². The molecule has 0 radical (unpaired) electrons. The minimum absolute atomic E-state index is 0.116. The average molecular weight is 483 g/mol. The van der Waals surface area contributed by atoms with E-state index >= 15 is 0 Å². The number of carbonyl (C=O) groups excluding carboxylic acids is 1. The molecule has 1 amide bonds. The van der Waals surface area contributed by atoms with Crippen LogP contribution in [0.4, 0.5) is 10.2 Å². The van der Waals surface area contributed by atoms with Crippen molar-refractivity contribution in [1.82, 2.24) is 14.9 Å². The van der Waals surface area contributed by atoms with E-state index in [1.807, 2.05) is 32.0 Å². The van der Waals surface area contributed by atoms with Gasteiger partial charge in [0.15, 0.2) is 11.5 Å². The number of hydrogen-bond donors (Lipinski definition) is 1. The van der Waals surface area contributed by atoms with E-state index in [2.05, 4.69) is 15.6 Å². The Morgan fingerprint density at radius 3 is 2.65 bits per heavy atom. The Hall–Kier alpha value is -3.65. The number of rotatable bonds is 7. The summed E-state index contributed by atoms with van der Waals surface area (Å²) < 4.78 is 26.9. The van der Waals surface area contributed by atoms with Crippen LogP contribution in [0.15, 0.2) is 47.0 Å². The second kappa shape index (κ2) is 9.69. The molecule has 0 aliphatic carbocycles. The number of benzene rings is 2. The molecule has 9 heteroatoms. The number of aryl methyl sites for hydroxylation is 4. The smallest absolute Gasteiger partial charge is 0.279 e. The molecule has 0 atom stereocenters. The monoisotopic (exact) mass is 482 g/mol. The van der Waals surface area contributed by atoms with Gasteiger partial charge in [0.1, 0.15) is 23.9 Å².